The maximum Gasteiger partial charge on any atom is 0.346 e. The van der Waals surface area contributed by atoms with Crippen LogP contribution in [-0.2, 0) is 4.79 Å². The Hall–Kier alpha value is -5.25. The Labute approximate surface area is 275 Å². The first-order valence-electron chi connectivity index (χ1n) is 15.6. The number of nitriles is 1. The molecule has 6 rings (SSSR count). The van der Waals surface area contributed by atoms with Gasteiger partial charge in [-0.1, -0.05) is 98.6 Å². The van der Waals surface area contributed by atoms with Gasteiger partial charge in [-0.2, -0.15) is 5.26 Å². The summed E-state index contributed by atoms with van der Waals surface area (Å²) in [5.41, 5.74) is 8.26. The quantitative estimate of drug-likeness (QED) is 0.0899. The molecule has 6 heteroatoms. The predicted molar refractivity (Wildman–Crippen MR) is 189 cm³/mol. The Balaban J connectivity index is 1.33. The van der Waals surface area contributed by atoms with Gasteiger partial charge in [0, 0.05) is 33.4 Å². The van der Waals surface area contributed by atoms with Gasteiger partial charge in [0.15, 0.2) is 0 Å². The second kappa shape index (κ2) is 14.2. The molecule has 1 heterocycles. The zero-order chi connectivity index (χ0) is 31.9. The van der Waals surface area contributed by atoms with Crippen molar-refractivity contribution < 1.29 is 9.90 Å². The van der Waals surface area contributed by atoms with E-state index in [4.69, 9.17) is 0 Å². The van der Waals surface area contributed by atoms with E-state index in [0.29, 0.717) is 5.56 Å². The maximum atomic E-state index is 11.5. The molecule has 228 valence electrons. The third-order valence-corrected chi connectivity index (χ3v) is 9.22. The van der Waals surface area contributed by atoms with E-state index < -0.39 is 5.97 Å². The molecule has 0 amide bonds. The molecule has 0 aliphatic carbocycles. The summed E-state index contributed by atoms with van der Waals surface area (Å²) in [5, 5.41) is 18.7. The van der Waals surface area contributed by atoms with Gasteiger partial charge in [0.05, 0.1) is 11.4 Å². The smallest absolute Gasteiger partial charge is 0.346 e. The fourth-order valence-corrected chi connectivity index (χ4v) is 7.01. The minimum Gasteiger partial charge on any atom is -0.477 e. The summed E-state index contributed by atoms with van der Waals surface area (Å²) >= 11 is 1.69. The Morgan fingerprint density at radius 3 is 1.96 bits per heavy atom. The maximum absolute atomic E-state index is 11.5. The van der Waals surface area contributed by atoms with Crippen LogP contribution in [-0.4, -0.2) is 17.6 Å². The van der Waals surface area contributed by atoms with Crippen molar-refractivity contribution in [3.63, 3.8) is 0 Å². The average molecular weight is 622 g/mol. The highest BCUT2D eigenvalue weighted by atomic mass is 32.2. The molecular weight excluding hydrogens is 587 g/mol. The van der Waals surface area contributed by atoms with Gasteiger partial charge >= 0.3 is 5.97 Å². The van der Waals surface area contributed by atoms with E-state index >= 15 is 0 Å². The summed E-state index contributed by atoms with van der Waals surface area (Å²) in [6.07, 6.45) is 6.08. The number of nitrogens with zero attached hydrogens (tertiary/aromatic N) is 3. The number of benzene rings is 5. The molecule has 0 saturated heterocycles. The molecule has 1 aliphatic heterocycles. The molecule has 1 aliphatic rings. The zero-order valence-corrected chi connectivity index (χ0v) is 26.6. The van der Waals surface area contributed by atoms with Gasteiger partial charge in [0.25, 0.3) is 0 Å². The predicted octanol–water partition coefficient (Wildman–Crippen LogP) is 11.0. The van der Waals surface area contributed by atoms with Crippen LogP contribution in [0.15, 0.2) is 137 Å². The molecule has 46 heavy (non-hydrogen) atoms. The SMILES string of the molecule is CCCCCCN1c2ccc(/C=C(\C#N)C(=O)O)cc2Sc2cc(-c3ccc(N(c4ccccc4)c4ccccc4)cc3)ccc21. The van der Waals surface area contributed by atoms with Gasteiger partial charge in [-0.15, -0.1) is 0 Å². The van der Waals surface area contributed by atoms with Gasteiger partial charge in [-0.25, -0.2) is 4.79 Å². The van der Waals surface area contributed by atoms with Crippen LogP contribution in [0.5, 0.6) is 0 Å². The Bertz CT molecular complexity index is 1860. The van der Waals surface area contributed by atoms with Crippen LogP contribution in [0.1, 0.15) is 38.2 Å². The third-order valence-electron chi connectivity index (χ3n) is 8.13. The number of hydrogen-bond donors (Lipinski definition) is 1. The molecule has 0 bridgehead atoms. The minimum atomic E-state index is -1.22. The van der Waals surface area contributed by atoms with Crippen molar-refractivity contribution in [2.75, 3.05) is 16.3 Å². The lowest BCUT2D eigenvalue weighted by atomic mass is 10.0. The first-order chi connectivity index (χ1) is 22.6. The summed E-state index contributed by atoms with van der Waals surface area (Å²) < 4.78 is 0. The second-order valence-electron chi connectivity index (χ2n) is 11.3. The number of carboxylic acid groups (broad SMARTS) is 1. The van der Waals surface area contributed by atoms with E-state index in [1.54, 1.807) is 17.8 Å². The molecular formula is C40H35N3O2S. The largest absolute Gasteiger partial charge is 0.477 e. The first kappa shape index (κ1) is 30.8. The van der Waals surface area contributed by atoms with Gasteiger partial charge in [-0.05, 0) is 89.9 Å². The highest BCUT2D eigenvalue weighted by molar-refractivity contribution is 7.99. The van der Waals surface area contributed by atoms with Crippen LogP contribution in [0.25, 0.3) is 17.2 Å². The fraction of sp³-hybridized carbons (Fsp3) is 0.150. The van der Waals surface area contributed by atoms with E-state index in [0.717, 1.165) is 56.6 Å². The lowest BCUT2D eigenvalue weighted by molar-refractivity contribution is -0.132. The molecule has 1 N–H and O–H groups in total. The van der Waals surface area contributed by atoms with E-state index in [-0.39, 0.29) is 5.57 Å². The van der Waals surface area contributed by atoms with Crippen molar-refractivity contribution in [3.05, 3.63) is 132 Å². The second-order valence-corrected chi connectivity index (χ2v) is 12.3. The number of unbranched alkanes of at least 4 members (excludes halogenated alkanes) is 3. The number of fused-ring (bicyclic) bond motifs is 2. The molecule has 0 unspecified atom stereocenters. The van der Waals surface area contributed by atoms with E-state index in [1.807, 2.05) is 30.3 Å². The molecule has 5 nitrogen and oxygen atoms in total. The van der Waals surface area contributed by atoms with Crippen LogP contribution in [0.4, 0.5) is 28.4 Å². The monoisotopic (exact) mass is 621 g/mol. The molecule has 0 fully saturated rings. The van der Waals surface area contributed by atoms with Crippen molar-refractivity contribution in [2.45, 2.75) is 42.4 Å². The first-order valence-corrected chi connectivity index (χ1v) is 16.5. The molecule has 0 spiro atoms. The number of rotatable bonds is 11. The van der Waals surface area contributed by atoms with Crippen LogP contribution >= 0.6 is 11.8 Å². The Morgan fingerprint density at radius 2 is 1.35 bits per heavy atom. The number of carboxylic acids is 1. The zero-order valence-electron chi connectivity index (χ0n) is 25.8. The summed E-state index contributed by atoms with van der Waals surface area (Å²) in [7, 11) is 0. The van der Waals surface area contributed by atoms with Crippen molar-refractivity contribution in [1.29, 1.82) is 5.26 Å². The normalized spacial score (nSPS) is 12.2. The number of hydrogen-bond acceptors (Lipinski definition) is 5. The summed E-state index contributed by atoms with van der Waals surface area (Å²) in [5.74, 6) is -1.22. The highest BCUT2D eigenvalue weighted by Crippen LogP contribution is 2.50. The Kier molecular flexibility index (Phi) is 9.52. The van der Waals surface area contributed by atoms with Crippen LogP contribution in [0.2, 0.25) is 0 Å². The average Bonchev–Trinajstić information content (AvgIpc) is 3.09. The van der Waals surface area contributed by atoms with Crippen LogP contribution < -0.4 is 9.80 Å². The number of carbonyl (C=O) groups is 1. The van der Waals surface area contributed by atoms with Gasteiger partial charge in [0.2, 0.25) is 0 Å². The highest BCUT2D eigenvalue weighted by Gasteiger charge is 2.24. The number of aliphatic carboxylic acids is 1. The summed E-state index contributed by atoms with van der Waals surface area (Å²) in [6.45, 7) is 3.12. The molecule has 5 aromatic carbocycles. The molecule has 0 aromatic heterocycles. The molecule has 5 aromatic rings. The van der Waals surface area contributed by atoms with E-state index in [2.05, 4.69) is 108 Å². The topological polar surface area (TPSA) is 67.6 Å². The number of anilines is 5. The van der Waals surface area contributed by atoms with E-state index in [1.165, 1.54) is 31.0 Å². The van der Waals surface area contributed by atoms with Gasteiger partial charge in [-0.3, -0.25) is 0 Å². The summed E-state index contributed by atoms with van der Waals surface area (Å²) in [6, 6.07) is 43.9. The molecule has 0 radical (unpaired) electrons. The standard InChI is InChI=1S/C40H35N3O2S/c1-2-3-4-11-24-42-36-22-16-29(25-32(28-41)40(44)45)26-38(36)46-39-27-31(19-23-37(39)42)30-17-20-35(21-18-30)43(33-12-7-5-8-13-33)34-14-9-6-10-15-34/h5-10,12-23,25-27H,2-4,11,24H2,1H3,(H,44,45)/b32-25+. The Morgan fingerprint density at radius 1 is 0.761 bits per heavy atom. The van der Waals surface area contributed by atoms with Crippen molar-refractivity contribution >= 4 is 52.2 Å². The third kappa shape index (κ3) is 6.71. The van der Waals surface area contributed by atoms with Crippen molar-refractivity contribution in [2.24, 2.45) is 0 Å². The van der Waals surface area contributed by atoms with Crippen molar-refractivity contribution in [3.8, 4) is 17.2 Å². The lowest BCUT2D eigenvalue weighted by Crippen LogP contribution is -2.22. The molecule has 0 atom stereocenters. The van der Waals surface area contributed by atoms with Crippen LogP contribution in [0.3, 0.4) is 0 Å². The summed E-state index contributed by atoms with van der Waals surface area (Å²) in [4.78, 5) is 18.3. The number of para-hydroxylation sites is 2. The minimum absolute atomic E-state index is 0.276. The van der Waals surface area contributed by atoms with Crippen LogP contribution in [0, 0.1) is 11.3 Å². The fourth-order valence-electron chi connectivity index (χ4n) is 5.82. The van der Waals surface area contributed by atoms with Gasteiger partial charge in [0.1, 0.15) is 11.6 Å². The van der Waals surface area contributed by atoms with Crippen molar-refractivity contribution in [1.82, 2.24) is 0 Å². The van der Waals surface area contributed by atoms with Gasteiger partial charge < -0.3 is 14.9 Å². The lowest BCUT2D eigenvalue weighted by Gasteiger charge is -2.33. The molecule has 0 saturated carbocycles. The van der Waals surface area contributed by atoms with E-state index in [9.17, 15) is 15.2 Å².